The first kappa shape index (κ1) is 32.2. The molecule has 3 heterocycles. The molecule has 0 saturated carbocycles. The van der Waals surface area contributed by atoms with E-state index in [0.717, 1.165) is 39.0 Å². The standard InChI is InChI=1S/C51H32N4S/c1-4-14-33(15-5-1)35-24-26-37(27-25-35)50-52-49(36-18-8-3-9-19-36)53-51(54-50)40-21-10-12-22-44(40)55-45-29-28-38(34-16-6-2-7-17-34)30-41(45)42-32-48-43(31-46(42)55)39-20-11-13-23-47(39)56-48/h1-32H. The van der Waals surface area contributed by atoms with Gasteiger partial charge in [0.15, 0.2) is 17.5 Å². The average Bonchev–Trinajstić information content (AvgIpc) is 3.80. The van der Waals surface area contributed by atoms with Gasteiger partial charge in [-0.1, -0.05) is 152 Å². The second-order valence-electron chi connectivity index (χ2n) is 14.0. The van der Waals surface area contributed by atoms with Gasteiger partial charge in [0.05, 0.1) is 16.7 Å². The van der Waals surface area contributed by atoms with Crippen molar-refractivity contribution in [2.75, 3.05) is 0 Å². The van der Waals surface area contributed by atoms with Crippen LogP contribution in [-0.2, 0) is 0 Å². The van der Waals surface area contributed by atoms with Gasteiger partial charge in [-0.15, -0.1) is 11.3 Å². The molecule has 0 aliphatic carbocycles. The second kappa shape index (κ2) is 13.3. The fourth-order valence-electron chi connectivity index (χ4n) is 7.95. The minimum Gasteiger partial charge on any atom is -0.308 e. The second-order valence-corrected chi connectivity index (χ2v) is 15.1. The Kier molecular flexibility index (Phi) is 7.64. The van der Waals surface area contributed by atoms with Crippen molar-refractivity contribution in [3.63, 3.8) is 0 Å². The lowest BCUT2D eigenvalue weighted by molar-refractivity contribution is 1.06. The first-order valence-corrected chi connectivity index (χ1v) is 19.6. The maximum Gasteiger partial charge on any atom is 0.166 e. The number of hydrogen-bond donors (Lipinski definition) is 0. The highest BCUT2D eigenvalue weighted by Gasteiger charge is 2.21. The average molecular weight is 733 g/mol. The molecule has 0 unspecified atom stereocenters. The van der Waals surface area contributed by atoms with Crippen molar-refractivity contribution in [3.8, 4) is 62.1 Å². The maximum absolute atomic E-state index is 5.23. The van der Waals surface area contributed by atoms with E-state index in [1.165, 1.54) is 47.6 Å². The van der Waals surface area contributed by atoms with Crippen LogP contribution in [0.3, 0.4) is 0 Å². The largest absolute Gasteiger partial charge is 0.308 e. The van der Waals surface area contributed by atoms with E-state index in [4.69, 9.17) is 15.0 Å². The molecule has 11 rings (SSSR count). The molecule has 56 heavy (non-hydrogen) atoms. The van der Waals surface area contributed by atoms with E-state index in [9.17, 15) is 0 Å². The summed E-state index contributed by atoms with van der Waals surface area (Å²) in [5, 5.41) is 4.95. The third-order valence-electron chi connectivity index (χ3n) is 10.7. The third-order valence-corrected chi connectivity index (χ3v) is 11.8. The summed E-state index contributed by atoms with van der Waals surface area (Å²) in [5.41, 5.74) is 10.8. The third kappa shape index (κ3) is 5.48. The molecule has 0 fully saturated rings. The van der Waals surface area contributed by atoms with E-state index in [0.29, 0.717) is 17.5 Å². The van der Waals surface area contributed by atoms with Gasteiger partial charge in [-0.3, -0.25) is 0 Å². The van der Waals surface area contributed by atoms with Crippen LogP contribution in [0.2, 0.25) is 0 Å². The summed E-state index contributed by atoms with van der Waals surface area (Å²) < 4.78 is 4.98. The van der Waals surface area contributed by atoms with Crippen molar-refractivity contribution < 1.29 is 0 Å². The highest BCUT2D eigenvalue weighted by atomic mass is 32.1. The number of benzene rings is 8. The van der Waals surface area contributed by atoms with Gasteiger partial charge in [-0.2, -0.15) is 0 Å². The Balaban J connectivity index is 1.15. The number of hydrogen-bond acceptors (Lipinski definition) is 4. The van der Waals surface area contributed by atoms with E-state index < -0.39 is 0 Å². The molecule has 0 aliphatic heterocycles. The number of thiophene rings is 1. The molecule has 8 aromatic carbocycles. The molecule has 0 spiro atoms. The van der Waals surface area contributed by atoms with Gasteiger partial charge >= 0.3 is 0 Å². The number of nitrogens with zero attached hydrogens (tertiary/aromatic N) is 4. The number of fused-ring (bicyclic) bond motifs is 6. The quantitative estimate of drug-likeness (QED) is 0.171. The van der Waals surface area contributed by atoms with Gasteiger partial charge in [0, 0.05) is 47.6 Å². The topological polar surface area (TPSA) is 43.6 Å². The zero-order valence-corrected chi connectivity index (χ0v) is 31.0. The number of para-hydroxylation sites is 1. The highest BCUT2D eigenvalue weighted by Crippen LogP contribution is 2.43. The first-order chi connectivity index (χ1) is 27.7. The van der Waals surface area contributed by atoms with Crippen molar-refractivity contribution >= 4 is 53.3 Å². The molecule has 11 aromatic rings. The molecule has 0 saturated heterocycles. The van der Waals surface area contributed by atoms with Crippen LogP contribution in [0.5, 0.6) is 0 Å². The molecule has 0 amide bonds. The minimum absolute atomic E-state index is 0.620. The minimum atomic E-state index is 0.620. The lowest BCUT2D eigenvalue weighted by Crippen LogP contribution is -2.03. The van der Waals surface area contributed by atoms with E-state index in [-0.39, 0.29) is 0 Å². The fourth-order valence-corrected chi connectivity index (χ4v) is 9.08. The monoisotopic (exact) mass is 732 g/mol. The summed E-state index contributed by atoms with van der Waals surface area (Å²) in [6.45, 7) is 0. The molecule has 4 nitrogen and oxygen atoms in total. The zero-order chi connectivity index (χ0) is 37.0. The smallest absolute Gasteiger partial charge is 0.166 e. The summed E-state index contributed by atoms with van der Waals surface area (Å²) in [4.78, 5) is 15.5. The van der Waals surface area contributed by atoms with Gasteiger partial charge in [-0.25, -0.2) is 15.0 Å². The molecule has 0 aliphatic rings. The summed E-state index contributed by atoms with van der Waals surface area (Å²) in [6, 6.07) is 68.6. The molecule has 262 valence electrons. The molecular formula is C51H32N4S. The predicted molar refractivity (Wildman–Crippen MR) is 234 cm³/mol. The molecule has 0 bridgehead atoms. The van der Waals surface area contributed by atoms with E-state index >= 15 is 0 Å². The number of aromatic nitrogens is 4. The van der Waals surface area contributed by atoms with Gasteiger partial charge in [0.2, 0.25) is 0 Å². The van der Waals surface area contributed by atoms with Gasteiger partial charge in [0.1, 0.15) is 0 Å². The van der Waals surface area contributed by atoms with Crippen LogP contribution in [0.15, 0.2) is 194 Å². The van der Waals surface area contributed by atoms with Crippen LogP contribution in [0.25, 0.3) is 104 Å². The van der Waals surface area contributed by atoms with Crippen molar-refractivity contribution in [2.24, 2.45) is 0 Å². The van der Waals surface area contributed by atoms with Gasteiger partial charge < -0.3 is 4.57 Å². The summed E-state index contributed by atoms with van der Waals surface area (Å²) in [7, 11) is 0. The van der Waals surface area contributed by atoms with E-state index in [1.807, 2.05) is 35.6 Å². The zero-order valence-electron chi connectivity index (χ0n) is 30.2. The van der Waals surface area contributed by atoms with Gasteiger partial charge in [-0.05, 0) is 64.7 Å². The molecular weight excluding hydrogens is 701 g/mol. The van der Waals surface area contributed by atoms with Crippen LogP contribution in [0, 0.1) is 0 Å². The molecule has 0 N–H and O–H groups in total. The highest BCUT2D eigenvalue weighted by molar-refractivity contribution is 7.25. The number of rotatable bonds is 6. The Hall–Kier alpha value is -7.21. The van der Waals surface area contributed by atoms with Crippen molar-refractivity contribution in [3.05, 3.63) is 194 Å². The molecule has 0 atom stereocenters. The van der Waals surface area contributed by atoms with Crippen molar-refractivity contribution in [1.29, 1.82) is 0 Å². The van der Waals surface area contributed by atoms with Gasteiger partial charge in [0.25, 0.3) is 0 Å². The molecule has 0 radical (unpaired) electrons. The van der Waals surface area contributed by atoms with Crippen molar-refractivity contribution in [2.45, 2.75) is 0 Å². The van der Waals surface area contributed by atoms with Crippen LogP contribution >= 0.6 is 11.3 Å². The Labute approximate surface area is 327 Å². The summed E-state index contributed by atoms with van der Waals surface area (Å²) in [5.74, 6) is 1.88. The van der Waals surface area contributed by atoms with Crippen LogP contribution in [0.1, 0.15) is 0 Å². The fraction of sp³-hybridized carbons (Fsp3) is 0. The lowest BCUT2D eigenvalue weighted by atomic mass is 10.0. The van der Waals surface area contributed by atoms with Crippen LogP contribution in [0.4, 0.5) is 0 Å². The van der Waals surface area contributed by atoms with Crippen molar-refractivity contribution in [1.82, 2.24) is 19.5 Å². The predicted octanol–water partition coefficient (Wildman–Crippen LogP) is 13.7. The summed E-state index contributed by atoms with van der Waals surface area (Å²) >= 11 is 1.85. The van der Waals surface area contributed by atoms with E-state index in [2.05, 4.69) is 174 Å². The summed E-state index contributed by atoms with van der Waals surface area (Å²) in [6.07, 6.45) is 0. The first-order valence-electron chi connectivity index (χ1n) is 18.8. The maximum atomic E-state index is 5.23. The Bertz CT molecular complexity index is 3220. The normalized spacial score (nSPS) is 11.6. The van der Waals surface area contributed by atoms with Crippen LogP contribution < -0.4 is 0 Å². The lowest BCUT2D eigenvalue weighted by Gasteiger charge is -2.15. The molecule has 5 heteroatoms. The Morgan fingerprint density at radius 3 is 1.57 bits per heavy atom. The Morgan fingerprint density at radius 2 is 0.839 bits per heavy atom. The van der Waals surface area contributed by atoms with Crippen LogP contribution in [-0.4, -0.2) is 19.5 Å². The molecule has 3 aromatic heterocycles. The van der Waals surface area contributed by atoms with E-state index in [1.54, 1.807) is 0 Å². The SMILES string of the molecule is c1ccc(-c2ccc(-c3nc(-c4ccccc4)nc(-c4ccccc4-n4c5ccc(-c6ccccc6)cc5c5cc6sc7ccccc7c6cc54)n3)cc2)cc1. The Morgan fingerprint density at radius 1 is 0.321 bits per heavy atom.